The van der Waals surface area contributed by atoms with Crippen molar-refractivity contribution in [2.45, 2.75) is 58.3 Å². The van der Waals surface area contributed by atoms with Crippen molar-refractivity contribution in [1.82, 2.24) is 15.1 Å². The number of thiophene rings is 1. The zero-order valence-electron chi connectivity index (χ0n) is 17.8. The second-order valence-electron chi connectivity index (χ2n) is 9.17. The van der Waals surface area contributed by atoms with E-state index < -0.39 is 0 Å². The van der Waals surface area contributed by atoms with Crippen LogP contribution in [0.2, 0.25) is 0 Å². The summed E-state index contributed by atoms with van der Waals surface area (Å²) in [6, 6.07) is 2.07. The summed E-state index contributed by atoms with van der Waals surface area (Å²) >= 11 is 1.65. The molecular weight excluding hydrogens is 382 g/mol. The lowest BCUT2D eigenvalue weighted by molar-refractivity contribution is -0.125. The molecule has 2 saturated heterocycles. The standard InChI is InChI=1S/C23H35N3O2S/c1-17-7-13-25(14-8-17)10-4-9-24-22(27)18-5-6-20-19(15-18)16-21(29-20)23(28)26-11-2-3-12-26/h16-18H,2-15H2,1H3,(H,24,27)/t18-/m0/s1. The van der Waals surface area contributed by atoms with E-state index in [2.05, 4.69) is 23.2 Å². The fraction of sp³-hybridized carbons (Fsp3) is 0.739. The molecule has 3 heterocycles. The van der Waals surface area contributed by atoms with Crippen molar-refractivity contribution in [3.05, 3.63) is 21.4 Å². The van der Waals surface area contributed by atoms with E-state index in [-0.39, 0.29) is 17.7 Å². The van der Waals surface area contributed by atoms with E-state index in [1.807, 2.05) is 4.90 Å². The number of hydrogen-bond acceptors (Lipinski definition) is 4. The zero-order chi connectivity index (χ0) is 20.2. The number of nitrogens with zero attached hydrogens (tertiary/aromatic N) is 2. The smallest absolute Gasteiger partial charge is 0.263 e. The second kappa shape index (κ2) is 9.61. The molecule has 1 aliphatic carbocycles. The molecule has 2 aliphatic heterocycles. The molecule has 2 amide bonds. The number of amides is 2. The summed E-state index contributed by atoms with van der Waals surface area (Å²) in [4.78, 5) is 32.0. The minimum Gasteiger partial charge on any atom is -0.356 e. The van der Waals surface area contributed by atoms with E-state index >= 15 is 0 Å². The van der Waals surface area contributed by atoms with Crippen LogP contribution in [0.25, 0.3) is 0 Å². The maximum Gasteiger partial charge on any atom is 0.263 e. The molecule has 1 N–H and O–H groups in total. The Balaban J connectivity index is 1.22. The summed E-state index contributed by atoms with van der Waals surface area (Å²) < 4.78 is 0. The van der Waals surface area contributed by atoms with Gasteiger partial charge in [-0.05, 0) is 88.5 Å². The van der Waals surface area contributed by atoms with Crippen molar-refractivity contribution in [2.75, 3.05) is 39.3 Å². The number of fused-ring (bicyclic) bond motifs is 1. The number of carbonyl (C=O) groups excluding carboxylic acids is 2. The van der Waals surface area contributed by atoms with Crippen LogP contribution in [-0.2, 0) is 17.6 Å². The highest BCUT2D eigenvalue weighted by Gasteiger charge is 2.29. The Hall–Kier alpha value is -1.40. The van der Waals surface area contributed by atoms with Gasteiger partial charge in [-0.25, -0.2) is 0 Å². The molecule has 5 nitrogen and oxygen atoms in total. The lowest BCUT2D eigenvalue weighted by atomic mass is 9.87. The normalized spacial score (nSPS) is 23.2. The quantitative estimate of drug-likeness (QED) is 0.723. The predicted molar refractivity (Wildman–Crippen MR) is 117 cm³/mol. The van der Waals surface area contributed by atoms with Gasteiger partial charge >= 0.3 is 0 Å². The number of hydrogen-bond donors (Lipinski definition) is 1. The van der Waals surface area contributed by atoms with Gasteiger partial charge in [-0.1, -0.05) is 6.92 Å². The summed E-state index contributed by atoms with van der Waals surface area (Å²) in [6.07, 6.45) is 8.50. The number of likely N-dealkylation sites (tertiary alicyclic amines) is 2. The summed E-state index contributed by atoms with van der Waals surface area (Å²) in [6.45, 7) is 8.40. The van der Waals surface area contributed by atoms with Gasteiger partial charge in [-0.15, -0.1) is 11.3 Å². The second-order valence-corrected chi connectivity index (χ2v) is 10.3. The van der Waals surface area contributed by atoms with Crippen LogP contribution in [0.15, 0.2) is 6.07 Å². The largest absolute Gasteiger partial charge is 0.356 e. The van der Waals surface area contributed by atoms with Crippen LogP contribution in [0.1, 0.15) is 65.6 Å². The Morgan fingerprint density at radius 2 is 1.90 bits per heavy atom. The number of piperidine rings is 1. The fourth-order valence-corrected chi connectivity index (χ4v) is 6.05. The van der Waals surface area contributed by atoms with E-state index in [0.717, 1.165) is 75.5 Å². The van der Waals surface area contributed by atoms with Crippen LogP contribution in [0, 0.1) is 11.8 Å². The summed E-state index contributed by atoms with van der Waals surface area (Å²) in [5.41, 5.74) is 1.23. The molecule has 29 heavy (non-hydrogen) atoms. The van der Waals surface area contributed by atoms with Gasteiger partial charge in [-0.2, -0.15) is 0 Å². The van der Waals surface area contributed by atoms with Crippen molar-refractivity contribution in [2.24, 2.45) is 11.8 Å². The van der Waals surface area contributed by atoms with E-state index in [4.69, 9.17) is 0 Å². The Bertz CT molecular complexity index is 718. The fourth-order valence-electron chi connectivity index (χ4n) is 4.87. The third-order valence-corrected chi connectivity index (χ3v) is 8.11. The SMILES string of the molecule is CC1CCN(CCCNC(=O)[C@H]2CCc3sc(C(=O)N4CCCC4)cc3C2)CC1. The molecule has 3 aliphatic rings. The first-order chi connectivity index (χ1) is 14.1. The lowest BCUT2D eigenvalue weighted by Gasteiger charge is -2.30. The highest BCUT2D eigenvalue weighted by atomic mass is 32.1. The summed E-state index contributed by atoms with van der Waals surface area (Å²) in [7, 11) is 0. The van der Waals surface area contributed by atoms with Crippen LogP contribution >= 0.6 is 11.3 Å². The van der Waals surface area contributed by atoms with Gasteiger partial charge in [0.15, 0.2) is 0 Å². The monoisotopic (exact) mass is 417 g/mol. The average molecular weight is 418 g/mol. The highest BCUT2D eigenvalue weighted by molar-refractivity contribution is 7.14. The molecular formula is C23H35N3O2S. The molecule has 160 valence electrons. The Kier molecular flexibility index (Phi) is 6.91. The lowest BCUT2D eigenvalue weighted by Crippen LogP contribution is -2.37. The van der Waals surface area contributed by atoms with Gasteiger partial charge in [0.2, 0.25) is 5.91 Å². The van der Waals surface area contributed by atoms with Gasteiger partial charge in [0, 0.05) is 30.4 Å². The number of aryl methyl sites for hydroxylation is 1. The number of nitrogens with one attached hydrogen (secondary N) is 1. The molecule has 0 spiro atoms. The molecule has 1 atom stereocenters. The molecule has 0 bridgehead atoms. The van der Waals surface area contributed by atoms with Crippen molar-refractivity contribution >= 4 is 23.2 Å². The molecule has 1 aromatic rings. The highest BCUT2D eigenvalue weighted by Crippen LogP contribution is 2.33. The Morgan fingerprint density at radius 1 is 1.14 bits per heavy atom. The van der Waals surface area contributed by atoms with E-state index in [0.29, 0.717) is 0 Å². The van der Waals surface area contributed by atoms with Gasteiger partial charge < -0.3 is 15.1 Å². The summed E-state index contributed by atoms with van der Waals surface area (Å²) in [5.74, 6) is 1.31. The van der Waals surface area contributed by atoms with Crippen LogP contribution in [0.4, 0.5) is 0 Å². The van der Waals surface area contributed by atoms with E-state index in [1.165, 1.54) is 36.4 Å². The van der Waals surface area contributed by atoms with Crippen molar-refractivity contribution in [3.63, 3.8) is 0 Å². The first kappa shape index (κ1) is 20.9. The van der Waals surface area contributed by atoms with Crippen molar-refractivity contribution in [3.8, 4) is 0 Å². The number of carbonyl (C=O) groups is 2. The Labute approximate surface area is 178 Å². The van der Waals surface area contributed by atoms with Gasteiger partial charge in [0.1, 0.15) is 0 Å². The molecule has 0 radical (unpaired) electrons. The van der Waals surface area contributed by atoms with Crippen LogP contribution in [-0.4, -0.2) is 60.9 Å². The first-order valence-corrected chi connectivity index (χ1v) is 12.3. The topological polar surface area (TPSA) is 52.7 Å². The molecule has 0 unspecified atom stereocenters. The summed E-state index contributed by atoms with van der Waals surface area (Å²) in [5, 5.41) is 3.17. The first-order valence-electron chi connectivity index (χ1n) is 11.5. The van der Waals surface area contributed by atoms with Gasteiger partial charge in [-0.3, -0.25) is 9.59 Å². The van der Waals surface area contributed by atoms with Crippen LogP contribution < -0.4 is 5.32 Å². The van der Waals surface area contributed by atoms with Gasteiger partial charge in [0.25, 0.3) is 5.91 Å². The molecule has 1 aromatic heterocycles. The van der Waals surface area contributed by atoms with E-state index in [9.17, 15) is 9.59 Å². The van der Waals surface area contributed by atoms with E-state index in [1.54, 1.807) is 11.3 Å². The van der Waals surface area contributed by atoms with Crippen LogP contribution in [0.3, 0.4) is 0 Å². The minimum atomic E-state index is 0.0580. The third kappa shape index (κ3) is 5.21. The van der Waals surface area contributed by atoms with Crippen molar-refractivity contribution in [1.29, 1.82) is 0 Å². The van der Waals surface area contributed by atoms with Crippen LogP contribution in [0.5, 0.6) is 0 Å². The molecule has 0 aromatic carbocycles. The molecule has 0 saturated carbocycles. The minimum absolute atomic E-state index is 0.0580. The Morgan fingerprint density at radius 3 is 2.66 bits per heavy atom. The molecule has 6 heteroatoms. The molecule has 4 rings (SSSR count). The van der Waals surface area contributed by atoms with Crippen molar-refractivity contribution < 1.29 is 9.59 Å². The number of rotatable bonds is 6. The van der Waals surface area contributed by atoms with Gasteiger partial charge in [0.05, 0.1) is 4.88 Å². The zero-order valence-corrected chi connectivity index (χ0v) is 18.6. The predicted octanol–water partition coefficient (Wildman–Crippen LogP) is 3.33. The average Bonchev–Trinajstić information content (AvgIpc) is 3.41. The third-order valence-electron chi connectivity index (χ3n) is 6.88. The maximum absolute atomic E-state index is 12.7. The maximum atomic E-state index is 12.7. The molecule has 2 fully saturated rings.